The third-order valence-corrected chi connectivity index (χ3v) is 5.72. The van der Waals surface area contributed by atoms with Crippen molar-refractivity contribution in [3.8, 4) is 0 Å². The Kier molecular flexibility index (Phi) is 4.49. The third kappa shape index (κ3) is 3.24. The Morgan fingerprint density at radius 3 is 2.70 bits per heavy atom. The fourth-order valence-corrected chi connectivity index (χ4v) is 4.31. The maximum absolute atomic E-state index is 12.4. The molecule has 1 aliphatic heterocycles. The monoisotopic (exact) mass is 378 g/mol. The first-order chi connectivity index (χ1) is 13.0. The number of carbonyl (C=O) groups is 3. The molecule has 4 rings (SSSR count). The van der Waals surface area contributed by atoms with Crippen molar-refractivity contribution in [2.24, 2.45) is 0 Å². The smallest absolute Gasteiger partial charge is 0.262 e. The van der Waals surface area contributed by atoms with Crippen LogP contribution in [0.4, 0.5) is 0 Å². The Morgan fingerprint density at radius 1 is 1.07 bits per heavy atom. The Hall–Kier alpha value is -2.99. The van der Waals surface area contributed by atoms with Crippen molar-refractivity contribution in [1.82, 2.24) is 10.2 Å². The number of imide groups is 1. The molecular weight excluding hydrogens is 360 g/mol. The van der Waals surface area contributed by atoms with Gasteiger partial charge in [-0.05, 0) is 47.9 Å². The molecule has 3 aromatic rings. The highest BCUT2D eigenvalue weighted by atomic mass is 32.1. The van der Waals surface area contributed by atoms with Crippen molar-refractivity contribution in [3.63, 3.8) is 0 Å². The fraction of sp³-hybridized carbons (Fsp3) is 0.190. The van der Waals surface area contributed by atoms with Crippen LogP contribution < -0.4 is 5.32 Å². The first-order valence-electron chi connectivity index (χ1n) is 8.73. The quantitative estimate of drug-likeness (QED) is 0.694. The highest BCUT2D eigenvalue weighted by molar-refractivity contribution is 7.17. The number of fused-ring (bicyclic) bond motifs is 2. The van der Waals surface area contributed by atoms with Gasteiger partial charge in [-0.15, -0.1) is 11.3 Å². The van der Waals surface area contributed by atoms with Crippen molar-refractivity contribution in [2.45, 2.75) is 13.3 Å². The average molecular weight is 378 g/mol. The lowest BCUT2D eigenvalue weighted by molar-refractivity contribution is -0.121. The number of hydrogen-bond donors (Lipinski definition) is 1. The molecule has 0 spiro atoms. The number of thiophene rings is 1. The van der Waals surface area contributed by atoms with E-state index in [0.29, 0.717) is 24.1 Å². The van der Waals surface area contributed by atoms with Gasteiger partial charge in [0.15, 0.2) is 0 Å². The van der Waals surface area contributed by atoms with Crippen LogP contribution in [0.25, 0.3) is 10.1 Å². The third-order valence-electron chi connectivity index (χ3n) is 4.71. The minimum absolute atomic E-state index is 0.254. The van der Waals surface area contributed by atoms with Crippen LogP contribution >= 0.6 is 11.3 Å². The molecule has 0 atom stereocenters. The molecule has 0 radical (unpaired) electrons. The molecule has 136 valence electrons. The summed E-state index contributed by atoms with van der Waals surface area (Å²) in [7, 11) is 0. The summed E-state index contributed by atoms with van der Waals surface area (Å²) in [6.45, 7) is 2.07. The van der Waals surface area contributed by atoms with Crippen LogP contribution in [0.5, 0.6) is 0 Å². The fourth-order valence-electron chi connectivity index (χ4n) is 3.31. The van der Waals surface area contributed by atoms with E-state index in [1.54, 1.807) is 29.5 Å². The summed E-state index contributed by atoms with van der Waals surface area (Å²) in [6.07, 6.45) is 0.705. The number of amides is 3. The topological polar surface area (TPSA) is 66.5 Å². The van der Waals surface area contributed by atoms with Crippen LogP contribution in [0.15, 0.2) is 47.8 Å². The SMILES string of the molecule is Cc1ccc2c(c1)C(=O)N(CC(=O)NCCc1csc3ccccc13)C2=O. The van der Waals surface area contributed by atoms with Gasteiger partial charge in [0.25, 0.3) is 11.8 Å². The number of carbonyl (C=O) groups excluding carboxylic acids is 3. The van der Waals surface area contributed by atoms with Gasteiger partial charge in [-0.2, -0.15) is 0 Å². The Labute approximate surface area is 160 Å². The molecule has 0 aliphatic carbocycles. The first-order valence-corrected chi connectivity index (χ1v) is 9.61. The molecule has 27 heavy (non-hydrogen) atoms. The highest BCUT2D eigenvalue weighted by Gasteiger charge is 2.36. The zero-order chi connectivity index (χ0) is 19.0. The van der Waals surface area contributed by atoms with Crippen molar-refractivity contribution in [3.05, 3.63) is 70.1 Å². The normalized spacial score (nSPS) is 13.3. The molecule has 1 aliphatic rings. The molecule has 1 N–H and O–H groups in total. The maximum Gasteiger partial charge on any atom is 0.262 e. The van der Waals surface area contributed by atoms with Crippen molar-refractivity contribution >= 4 is 39.1 Å². The zero-order valence-corrected chi connectivity index (χ0v) is 15.6. The summed E-state index contributed by atoms with van der Waals surface area (Å²) in [5.74, 6) is -1.15. The second-order valence-electron chi connectivity index (χ2n) is 6.60. The Balaban J connectivity index is 1.36. The van der Waals surface area contributed by atoms with Gasteiger partial charge < -0.3 is 5.32 Å². The van der Waals surface area contributed by atoms with Crippen LogP contribution in [0.3, 0.4) is 0 Å². The van der Waals surface area contributed by atoms with E-state index in [2.05, 4.69) is 22.8 Å². The van der Waals surface area contributed by atoms with Crippen LogP contribution in [0.1, 0.15) is 31.8 Å². The van der Waals surface area contributed by atoms with Gasteiger partial charge in [-0.1, -0.05) is 29.8 Å². The molecule has 2 heterocycles. The summed E-state index contributed by atoms with van der Waals surface area (Å²) in [5, 5.41) is 6.11. The largest absolute Gasteiger partial charge is 0.354 e. The van der Waals surface area contributed by atoms with E-state index < -0.39 is 11.8 Å². The molecule has 1 aromatic heterocycles. The van der Waals surface area contributed by atoms with Gasteiger partial charge in [0.05, 0.1) is 11.1 Å². The van der Waals surface area contributed by atoms with Crippen LogP contribution in [0.2, 0.25) is 0 Å². The van der Waals surface area contributed by atoms with Gasteiger partial charge >= 0.3 is 0 Å². The zero-order valence-electron chi connectivity index (χ0n) is 14.8. The molecule has 5 nitrogen and oxygen atoms in total. The minimum Gasteiger partial charge on any atom is -0.354 e. The molecule has 2 aromatic carbocycles. The second-order valence-corrected chi connectivity index (χ2v) is 7.51. The van der Waals surface area contributed by atoms with E-state index in [9.17, 15) is 14.4 Å². The summed E-state index contributed by atoms with van der Waals surface area (Å²) >= 11 is 1.68. The Bertz CT molecular complexity index is 1070. The lowest BCUT2D eigenvalue weighted by Crippen LogP contribution is -2.40. The van der Waals surface area contributed by atoms with E-state index in [1.807, 2.05) is 19.1 Å². The number of nitrogens with zero attached hydrogens (tertiary/aromatic N) is 1. The molecule has 0 saturated heterocycles. The van der Waals surface area contributed by atoms with Crippen LogP contribution in [-0.4, -0.2) is 35.7 Å². The number of nitrogens with one attached hydrogen (secondary N) is 1. The van der Waals surface area contributed by atoms with Crippen LogP contribution in [-0.2, 0) is 11.2 Å². The van der Waals surface area contributed by atoms with Crippen LogP contribution in [0, 0.1) is 6.92 Å². The van der Waals surface area contributed by atoms with Gasteiger partial charge in [-0.25, -0.2) is 0 Å². The molecule has 0 bridgehead atoms. The highest BCUT2D eigenvalue weighted by Crippen LogP contribution is 2.26. The van der Waals surface area contributed by atoms with Gasteiger partial charge in [0, 0.05) is 11.2 Å². The summed E-state index contributed by atoms with van der Waals surface area (Å²) in [6, 6.07) is 13.3. The molecule has 0 saturated carbocycles. The van der Waals surface area contributed by atoms with E-state index in [1.165, 1.54) is 15.6 Å². The van der Waals surface area contributed by atoms with E-state index in [-0.39, 0.29) is 12.5 Å². The lowest BCUT2D eigenvalue weighted by atomic mass is 10.1. The van der Waals surface area contributed by atoms with E-state index in [0.717, 1.165) is 10.5 Å². The minimum atomic E-state index is -0.408. The summed E-state index contributed by atoms with van der Waals surface area (Å²) < 4.78 is 1.22. The molecule has 3 amide bonds. The Morgan fingerprint density at radius 2 is 1.85 bits per heavy atom. The average Bonchev–Trinajstić information content (AvgIpc) is 3.17. The van der Waals surface area contributed by atoms with E-state index in [4.69, 9.17) is 0 Å². The second kappa shape index (κ2) is 6.96. The molecule has 0 fully saturated rings. The van der Waals surface area contributed by atoms with Crippen molar-refractivity contribution < 1.29 is 14.4 Å². The summed E-state index contributed by atoms with van der Waals surface area (Å²) in [5.41, 5.74) is 2.83. The number of aryl methyl sites for hydroxylation is 1. The molecular formula is C21H18N2O3S. The lowest BCUT2D eigenvalue weighted by Gasteiger charge is -2.13. The standard InChI is InChI=1S/C21H18N2O3S/c1-13-6-7-16-17(10-13)21(26)23(20(16)25)11-19(24)22-9-8-14-12-27-18-5-3-2-4-15(14)18/h2-7,10,12H,8-9,11H2,1H3,(H,22,24). The number of benzene rings is 2. The van der Waals surface area contributed by atoms with Crippen molar-refractivity contribution in [1.29, 1.82) is 0 Å². The van der Waals surface area contributed by atoms with E-state index >= 15 is 0 Å². The molecule has 6 heteroatoms. The predicted molar refractivity (Wildman–Crippen MR) is 105 cm³/mol. The maximum atomic E-state index is 12.4. The number of hydrogen-bond acceptors (Lipinski definition) is 4. The first kappa shape index (κ1) is 17.4. The van der Waals surface area contributed by atoms with Gasteiger partial charge in [0.1, 0.15) is 6.54 Å². The van der Waals surface area contributed by atoms with Gasteiger partial charge in [0.2, 0.25) is 5.91 Å². The molecule has 0 unspecified atom stereocenters. The summed E-state index contributed by atoms with van der Waals surface area (Å²) in [4.78, 5) is 38.1. The van der Waals surface area contributed by atoms with Crippen molar-refractivity contribution in [2.75, 3.05) is 13.1 Å². The van der Waals surface area contributed by atoms with Gasteiger partial charge in [-0.3, -0.25) is 19.3 Å². The predicted octanol–water partition coefficient (Wildman–Crippen LogP) is 3.16. The number of rotatable bonds is 5.